The maximum Gasteiger partial charge on any atom is 0.303 e. The van der Waals surface area contributed by atoms with Crippen LogP contribution in [0.15, 0.2) is 23.0 Å². The highest BCUT2D eigenvalue weighted by Gasteiger charge is 2.67. The maximum atomic E-state index is 13.4. The van der Waals surface area contributed by atoms with Crippen molar-refractivity contribution < 1.29 is 23.8 Å². The van der Waals surface area contributed by atoms with Crippen molar-refractivity contribution in [2.24, 2.45) is 22.7 Å². The summed E-state index contributed by atoms with van der Waals surface area (Å²) in [6.45, 7) is 9.44. The lowest BCUT2D eigenvalue weighted by Gasteiger charge is -2.63. The third-order valence-corrected chi connectivity index (χ3v) is 7.37. The number of ketones is 1. The lowest BCUT2D eigenvalue weighted by molar-refractivity contribution is -0.233. The van der Waals surface area contributed by atoms with Crippen LogP contribution in [-0.4, -0.2) is 28.6 Å². The number of carbonyl (C=O) groups is 2. The highest BCUT2D eigenvalue weighted by molar-refractivity contribution is 5.90. The molecule has 27 heavy (non-hydrogen) atoms. The predicted octanol–water partition coefficient (Wildman–Crippen LogP) is 3.93. The van der Waals surface area contributed by atoms with Gasteiger partial charge in [0, 0.05) is 24.2 Å². The molecule has 1 aromatic heterocycles. The number of rotatable bonds is 4. The number of ether oxygens (including phenoxy) is 1. The molecular weight excluding hydrogens is 344 g/mol. The van der Waals surface area contributed by atoms with Crippen LogP contribution in [0.3, 0.4) is 0 Å². The van der Waals surface area contributed by atoms with Gasteiger partial charge in [0.25, 0.3) is 0 Å². The molecule has 1 heterocycles. The summed E-state index contributed by atoms with van der Waals surface area (Å²) in [4.78, 5) is 25.1. The summed E-state index contributed by atoms with van der Waals surface area (Å²) in [5, 5.41) is 12.1. The summed E-state index contributed by atoms with van der Waals surface area (Å²) in [5.74, 6) is -1.31. The van der Waals surface area contributed by atoms with Crippen LogP contribution >= 0.6 is 0 Å². The van der Waals surface area contributed by atoms with Crippen LogP contribution < -0.4 is 0 Å². The zero-order chi connectivity index (χ0) is 20.0. The van der Waals surface area contributed by atoms with E-state index in [1.165, 1.54) is 6.92 Å². The summed E-state index contributed by atoms with van der Waals surface area (Å²) >= 11 is 0. The molecule has 0 bridgehead atoms. The molecule has 1 N–H and O–H groups in total. The van der Waals surface area contributed by atoms with Crippen molar-refractivity contribution >= 4 is 11.8 Å². The van der Waals surface area contributed by atoms with Crippen molar-refractivity contribution in [2.45, 2.75) is 78.4 Å². The second-order valence-corrected chi connectivity index (χ2v) is 9.47. The average Bonchev–Trinajstić information content (AvgIpc) is 3.08. The number of carbonyl (C=O) groups excluding carboxylic acids is 2. The monoisotopic (exact) mass is 376 g/mol. The summed E-state index contributed by atoms with van der Waals surface area (Å²) in [6.07, 6.45) is 6.28. The number of hydrogen-bond donors (Lipinski definition) is 1. The first-order valence-corrected chi connectivity index (χ1v) is 9.97. The highest BCUT2D eigenvalue weighted by atomic mass is 16.5. The van der Waals surface area contributed by atoms with E-state index in [9.17, 15) is 14.7 Å². The van der Waals surface area contributed by atoms with E-state index in [0.29, 0.717) is 12.8 Å². The number of aliphatic hydroxyl groups is 1. The van der Waals surface area contributed by atoms with Gasteiger partial charge in [0.1, 0.15) is 0 Å². The smallest absolute Gasteiger partial charge is 0.303 e. The molecule has 2 fully saturated rings. The van der Waals surface area contributed by atoms with Gasteiger partial charge in [0.2, 0.25) is 0 Å². The van der Waals surface area contributed by atoms with Gasteiger partial charge in [-0.05, 0) is 42.7 Å². The number of hydrogen-bond acceptors (Lipinski definition) is 5. The predicted molar refractivity (Wildman–Crippen MR) is 101 cm³/mol. The van der Waals surface area contributed by atoms with E-state index in [-0.39, 0.29) is 17.1 Å². The van der Waals surface area contributed by atoms with Crippen LogP contribution in [0.4, 0.5) is 0 Å². The first-order chi connectivity index (χ1) is 12.5. The molecule has 0 aliphatic heterocycles. The lowest BCUT2D eigenvalue weighted by Crippen LogP contribution is -2.70. The Hall–Kier alpha value is -1.62. The highest BCUT2D eigenvalue weighted by Crippen LogP contribution is 2.62. The largest absolute Gasteiger partial charge is 0.472 e. The molecule has 5 heteroatoms. The van der Waals surface area contributed by atoms with Crippen molar-refractivity contribution in [1.29, 1.82) is 0 Å². The SMILES string of the molecule is CC(=O)O[C@H]1C(=O)[C@H]2C(C)(C)CCC[C@]2(C)[C@@](O)(CCc2ccoc2)[C@@H]1C. The molecule has 0 aromatic carbocycles. The van der Waals surface area contributed by atoms with Crippen LogP contribution in [0.5, 0.6) is 0 Å². The Bertz CT molecular complexity index is 706. The number of aryl methyl sites for hydroxylation is 1. The van der Waals surface area contributed by atoms with Crippen LogP contribution in [0.25, 0.3) is 0 Å². The molecule has 1 aromatic rings. The molecule has 0 saturated heterocycles. The number of esters is 1. The minimum Gasteiger partial charge on any atom is -0.472 e. The minimum absolute atomic E-state index is 0.0297. The number of Topliss-reactive ketones (excluding diaryl/α,β-unsaturated/α-hetero) is 1. The molecular formula is C22H32O5. The molecule has 0 unspecified atom stereocenters. The van der Waals surface area contributed by atoms with Gasteiger partial charge in [0.15, 0.2) is 11.9 Å². The van der Waals surface area contributed by atoms with E-state index in [0.717, 1.165) is 24.8 Å². The Morgan fingerprint density at radius 2 is 2.04 bits per heavy atom. The van der Waals surface area contributed by atoms with E-state index < -0.39 is 29.0 Å². The van der Waals surface area contributed by atoms with E-state index in [1.54, 1.807) is 12.5 Å². The summed E-state index contributed by atoms with van der Waals surface area (Å²) in [7, 11) is 0. The molecule has 0 radical (unpaired) electrons. The molecule has 0 spiro atoms. The fourth-order valence-corrected chi connectivity index (χ4v) is 6.03. The van der Waals surface area contributed by atoms with Gasteiger partial charge in [0.05, 0.1) is 18.1 Å². The summed E-state index contributed by atoms with van der Waals surface area (Å²) < 4.78 is 10.6. The summed E-state index contributed by atoms with van der Waals surface area (Å²) in [5.41, 5.74) is -0.884. The summed E-state index contributed by atoms with van der Waals surface area (Å²) in [6, 6.07) is 1.90. The lowest BCUT2D eigenvalue weighted by atomic mass is 9.43. The second-order valence-electron chi connectivity index (χ2n) is 9.47. The van der Waals surface area contributed by atoms with Crippen molar-refractivity contribution in [1.82, 2.24) is 0 Å². The standard InChI is InChI=1S/C22H32O5/c1-14-18(27-15(2)23)17(24)19-20(3,4)9-6-10-21(19,5)22(14,25)11-7-16-8-12-26-13-16/h8,12-14,18-19,25H,6-7,9-11H2,1-5H3/t14-,18-,19+,21+,22-/m1/s1. The molecule has 2 aliphatic rings. The van der Waals surface area contributed by atoms with Crippen molar-refractivity contribution in [2.75, 3.05) is 0 Å². The Morgan fingerprint density at radius 3 is 2.63 bits per heavy atom. The van der Waals surface area contributed by atoms with Crippen LogP contribution in [-0.2, 0) is 20.7 Å². The Morgan fingerprint density at radius 1 is 1.33 bits per heavy atom. The molecule has 0 amide bonds. The number of furan rings is 1. The zero-order valence-electron chi connectivity index (χ0n) is 17.1. The third-order valence-electron chi connectivity index (χ3n) is 7.37. The average molecular weight is 376 g/mol. The molecule has 5 nitrogen and oxygen atoms in total. The van der Waals surface area contributed by atoms with Gasteiger partial charge >= 0.3 is 5.97 Å². The van der Waals surface area contributed by atoms with E-state index in [1.807, 2.05) is 13.0 Å². The fourth-order valence-electron chi connectivity index (χ4n) is 6.03. The second kappa shape index (κ2) is 6.77. The normalized spacial score (nSPS) is 38.3. The van der Waals surface area contributed by atoms with Gasteiger partial charge in [-0.25, -0.2) is 0 Å². The van der Waals surface area contributed by atoms with Gasteiger partial charge < -0.3 is 14.3 Å². The molecule has 5 atom stereocenters. The van der Waals surface area contributed by atoms with Gasteiger partial charge in [-0.2, -0.15) is 0 Å². The van der Waals surface area contributed by atoms with Crippen LogP contribution in [0, 0.1) is 22.7 Å². The molecule has 2 aliphatic carbocycles. The molecule has 2 saturated carbocycles. The molecule has 150 valence electrons. The zero-order valence-corrected chi connectivity index (χ0v) is 17.1. The minimum atomic E-state index is -1.11. The number of fused-ring (bicyclic) bond motifs is 1. The quantitative estimate of drug-likeness (QED) is 0.806. The molecule has 3 rings (SSSR count). The van der Waals surface area contributed by atoms with Crippen molar-refractivity contribution in [3.05, 3.63) is 24.2 Å². The third kappa shape index (κ3) is 3.14. The van der Waals surface area contributed by atoms with Crippen molar-refractivity contribution in [3.63, 3.8) is 0 Å². The van der Waals surface area contributed by atoms with E-state index >= 15 is 0 Å². The topological polar surface area (TPSA) is 76.7 Å². The van der Waals surface area contributed by atoms with Crippen molar-refractivity contribution in [3.8, 4) is 0 Å². The van der Waals surface area contributed by atoms with Gasteiger partial charge in [-0.15, -0.1) is 0 Å². The first kappa shape index (κ1) is 20.1. The van der Waals surface area contributed by atoms with Gasteiger partial charge in [-0.1, -0.05) is 34.1 Å². The Kier molecular flexibility index (Phi) is 5.04. The Balaban J connectivity index is 2.04. The van der Waals surface area contributed by atoms with Gasteiger partial charge in [-0.3, -0.25) is 9.59 Å². The first-order valence-electron chi connectivity index (χ1n) is 9.97. The van der Waals surface area contributed by atoms with E-state index in [2.05, 4.69) is 20.8 Å². The fraction of sp³-hybridized carbons (Fsp3) is 0.727. The Labute approximate surface area is 161 Å². The van der Waals surface area contributed by atoms with E-state index in [4.69, 9.17) is 9.15 Å². The van der Waals surface area contributed by atoms with Crippen LogP contribution in [0.1, 0.15) is 65.9 Å². The van der Waals surface area contributed by atoms with Crippen LogP contribution in [0.2, 0.25) is 0 Å². The maximum absolute atomic E-state index is 13.4.